The van der Waals surface area contributed by atoms with Crippen LogP contribution in [0.15, 0.2) is 36.4 Å². The third-order valence-corrected chi connectivity index (χ3v) is 3.59. The Morgan fingerprint density at radius 3 is 2.48 bits per heavy atom. The van der Waals surface area contributed by atoms with Gasteiger partial charge in [0, 0.05) is 11.6 Å². The molecule has 108 valence electrons. The molecular weight excluding hydrogens is 272 g/mol. The van der Waals surface area contributed by atoms with Gasteiger partial charge in [-0.25, -0.2) is 0 Å². The van der Waals surface area contributed by atoms with E-state index in [0.29, 0.717) is 23.5 Å². The Labute approximate surface area is 121 Å². The molecule has 0 aliphatic carbocycles. The van der Waals surface area contributed by atoms with Crippen LogP contribution in [0.4, 0.5) is 0 Å². The average Bonchev–Trinajstić information content (AvgIpc) is 2.49. The molecule has 0 saturated carbocycles. The molecule has 1 unspecified atom stereocenters. The van der Waals surface area contributed by atoms with Crippen LogP contribution in [0.5, 0.6) is 23.0 Å². The minimum Gasteiger partial charge on any atom is -0.504 e. The molecule has 0 radical (unpaired) electrons. The zero-order valence-electron chi connectivity index (χ0n) is 11.4. The van der Waals surface area contributed by atoms with Crippen molar-refractivity contribution in [1.82, 2.24) is 0 Å². The number of ether oxygens (including phenoxy) is 2. The molecule has 21 heavy (non-hydrogen) atoms. The summed E-state index contributed by atoms with van der Waals surface area (Å²) in [6, 6.07) is 9.88. The van der Waals surface area contributed by atoms with Gasteiger partial charge in [-0.3, -0.25) is 4.79 Å². The number of hydrogen-bond acceptors (Lipinski definition) is 5. The zero-order chi connectivity index (χ0) is 15.0. The number of methoxy groups -OCH3 is 1. The van der Waals surface area contributed by atoms with Gasteiger partial charge in [-0.15, -0.1) is 0 Å². The second-order valence-corrected chi connectivity index (χ2v) is 4.90. The Morgan fingerprint density at radius 1 is 1.14 bits per heavy atom. The minimum absolute atomic E-state index is 0.222. The predicted molar refractivity (Wildman–Crippen MR) is 74.8 cm³/mol. The maximum absolute atomic E-state index is 12.1. The number of phenolic OH excluding ortho intramolecular Hbond substituents is 2. The lowest BCUT2D eigenvalue weighted by Gasteiger charge is -2.24. The molecule has 3 rings (SSSR count). The molecule has 0 bridgehead atoms. The van der Waals surface area contributed by atoms with E-state index in [4.69, 9.17) is 9.47 Å². The quantitative estimate of drug-likeness (QED) is 0.503. The highest BCUT2D eigenvalue weighted by molar-refractivity contribution is 5.83. The summed E-state index contributed by atoms with van der Waals surface area (Å²) in [5, 5.41) is 19.0. The van der Waals surface area contributed by atoms with Crippen molar-refractivity contribution in [2.24, 2.45) is 0 Å². The number of rotatable bonds is 2. The lowest BCUT2D eigenvalue weighted by atomic mass is 9.89. The van der Waals surface area contributed by atoms with E-state index < -0.39 is 5.92 Å². The van der Waals surface area contributed by atoms with Gasteiger partial charge in [0.15, 0.2) is 11.5 Å². The molecule has 5 nitrogen and oxygen atoms in total. The first-order valence-corrected chi connectivity index (χ1v) is 6.49. The van der Waals surface area contributed by atoms with E-state index >= 15 is 0 Å². The van der Waals surface area contributed by atoms with Gasteiger partial charge in [0.2, 0.25) is 0 Å². The van der Waals surface area contributed by atoms with Crippen LogP contribution in [-0.2, 0) is 11.2 Å². The van der Waals surface area contributed by atoms with E-state index in [1.54, 1.807) is 19.2 Å². The Morgan fingerprint density at radius 2 is 1.81 bits per heavy atom. The van der Waals surface area contributed by atoms with Crippen LogP contribution < -0.4 is 9.47 Å². The van der Waals surface area contributed by atoms with Crippen LogP contribution in [0.1, 0.15) is 17.0 Å². The maximum Gasteiger partial charge on any atom is 0.319 e. The number of esters is 1. The van der Waals surface area contributed by atoms with Crippen LogP contribution in [0.25, 0.3) is 0 Å². The number of benzene rings is 2. The molecule has 2 aromatic carbocycles. The molecular formula is C16H14O5. The van der Waals surface area contributed by atoms with Crippen molar-refractivity contribution >= 4 is 5.97 Å². The highest BCUT2D eigenvalue weighted by Gasteiger charge is 2.30. The molecule has 1 heterocycles. The Bertz CT molecular complexity index is 691. The summed E-state index contributed by atoms with van der Waals surface area (Å²) in [7, 11) is 1.58. The smallest absolute Gasteiger partial charge is 0.319 e. The van der Waals surface area contributed by atoms with E-state index in [2.05, 4.69) is 0 Å². The lowest BCUT2D eigenvalue weighted by Crippen LogP contribution is -2.25. The molecule has 0 saturated heterocycles. The molecule has 0 spiro atoms. The first-order chi connectivity index (χ1) is 10.1. The standard InChI is InChI=1S/C16H14O5/c1-20-11-4-2-9(3-5-11)12-6-10-7-13(17)14(18)8-15(10)21-16(12)19/h2-5,7-8,12,17-18H,6H2,1H3. The Kier molecular flexibility index (Phi) is 3.17. The molecule has 0 fully saturated rings. The highest BCUT2D eigenvalue weighted by Crippen LogP contribution is 2.39. The third-order valence-electron chi connectivity index (χ3n) is 3.59. The second-order valence-electron chi connectivity index (χ2n) is 4.90. The Hall–Kier alpha value is -2.69. The fourth-order valence-electron chi connectivity index (χ4n) is 2.43. The van der Waals surface area contributed by atoms with Gasteiger partial charge in [0.25, 0.3) is 0 Å². The average molecular weight is 286 g/mol. The largest absolute Gasteiger partial charge is 0.504 e. The van der Waals surface area contributed by atoms with Gasteiger partial charge in [-0.2, -0.15) is 0 Å². The summed E-state index contributed by atoms with van der Waals surface area (Å²) in [5.41, 5.74) is 1.50. The summed E-state index contributed by atoms with van der Waals surface area (Å²) in [6.07, 6.45) is 0.411. The van der Waals surface area contributed by atoms with Crippen molar-refractivity contribution in [3.8, 4) is 23.0 Å². The third kappa shape index (κ3) is 2.38. The molecule has 1 atom stereocenters. The normalized spacial score (nSPS) is 17.0. The summed E-state index contributed by atoms with van der Waals surface area (Å²) >= 11 is 0. The molecule has 2 aromatic rings. The summed E-state index contributed by atoms with van der Waals surface area (Å²) in [6.45, 7) is 0. The number of phenols is 2. The van der Waals surface area contributed by atoms with Gasteiger partial charge < -0.3 is 19.7 Å². The fraction of sp³-hybridized carbons (Fsp3) is 0.188. The van der Waals surface area contributed by atoms with Crippen molar-refractivity contribution in [1.29, 1.82) is 0 Å². The van der Waals surface area contributed by atoms with Crippen molar-refractivity contribution in [2.75, 3.05) is 7.11 Å². The number of hydrogen-bond donors (Lipinski definition) is 2. The van der Waals surface area contributed by atoms with Gasteiger partial charge in [-0.1, -0.05) is 12.1 Å². The lowest BCUT2D eigenvalue weighted by molar-refractivity contribution is -0.137. The molecule has 1 aliphatic heterocycles. The summed E-state index contributed by atoms with van der Waals surface area (Å²) in [5.74, 6) is -0.333. The van der Waals surface area contributed by atoms with Crippen LogP contribution in [0.3, 0.4) is 0 Å². The van der Waals surface area contributed by atoms with E-state index in [1.807, 2.05) is 12.1 Å². The molecule has 2 N–H and O–H groups in total. The SMILES string of the molecule is COc1ccc(C2Cc3cc(O)c(O)cc3OC2=O)cc1. The predicted octanol–water partition coefficient (Wildman–Crippen LogP) is 2.35. The van der Waals surface area contributed by atoms with Crippen LogP contribution in [-0.4, -0.2) is 23.3 Å². The first-order valence-electron chi connectivity index (χ1n) is 6.49. The van der Waals surface area contributed by atoms with Crippen molar-refractivity contribution in [3.63, 3.8) is 0 Å². The summed E-state index contributed by atoms with van der Waals surface area (Å²) in [4.78, 5) is 12.1. The fourth-order valence-corrected chi connectivity index (χ4v) is 2.43. The number of aromatic hydroxyl groups is 2. The van der Waals surface area contributed by atoms with Crippen molar-refractivity contribution < 1.29 is 24.5 Å². The van der Waals surface area contributed by atoms with Crippen molar-refractivity contribution in [2.45, 2.75) is 12.3 Å². The van der Waals surface area contributed by atoms with E-state index in [0.717, 1.165) is 5.56 Å². The minimum atomic E-state index is -0.438. The topological polar surface area (TPSA) is 76.0 Å². The zero-order valence-corrected chi connectivity index (χ0v) is 11.4. The van der Waals surface area contributed by atoms with Gasteiger partial charge >= 0.3 is 5.97 Å². The number of carbonyl (C=O) groups is 1. The summed E-state index contributed by atoms with van der Waals surface area (Å²) < 4.78 is 10.3. The maximum atomic E-state index is 12.1. The molecule has 0 amide bonds. The highest BCUT2D eigenvalue weighted by atomic mass is 16.5. The van der Waals surface area contributed by atoms with E-state index in [9.17, 15) is 15.0 Å². The van der Waals surface area contributed by atoms with Gasteiger partial charge in [0.05, 0.1) is 13.0 Å². The van der Waals surface area contributed by atoms with Gasteiger partial charge in [-0.05, 0) is 30.2 Å². The molecule has 0 aromatic heterocycles. The monoisotopic (exact) mass is 286 g/mol. The molecule has 5 heteroatoms. The van der Waals surface area contributed by atoms with Gasteiger partial charge in [0.1, 0.15) is 11.5 Å². The molecule has 1 aliphatic rings. The van der Waals surface area contributed by atoms with Crippen LogP contribution in [0, 0.1) is 0 Å². The van der Waals surface area contributed by atoms with E-state index in [1.165, 1.54) is 12.1 Å². The number of carbonyl (C=O) groups excluding carboxylic acids is 1. The first kappa shape index (κ1) is 13.3. The van der Waals surface area contributed by atoms with Crippen LogP contribution in [0.2, 0.25) is 0 Å². The number of fused-ring (bicyclic) bond motifs is 1. The van der Waals surface area contributed by atoms with Crippen molar-refractivity contribution in [3.05, 3.63) is 47.5 Å². The Balaban J connectivity index is 1.94. The second kappa shape index (κ2) is 5.01. The van der Waals surface area contributed by atoms with Crippen LogP contribution >= 0.6 is 0 Å². The van der Waals surface area contributed by atoms with E-state index in [-0.39, 0.29) is 17.5 Å².